The summed E-state index contributed by atoms with van der Waals surface area (Å²) in [7, 11) is 0. The number of hydrogen-bond donors (Lipinski definition) is 1. The van der Waals surface area contributed by atoms with E-state index >= 15 is 0 Å². The molecule has 0 aliphatic heterocycles. The van der Waals surface area contributed by atoms with Gasteiger partial charge in [0.05, 0.1) is 11.9 Å². The van der Waals surface area contributed by atoms with E-state index in [0.717, 1.165) is 21.4 Å². The van der Waals surface area contributed by atoms with Crippen LogP contribution in [0.2, 0.25) is 5.02 Å². The Balaban J connectivity index is 2.08. The number of aryl methyl sites for hydroxylation is 1. The number of pyridine rings is 1. The van der Waals surface area contributed by atoms with E-state index in [2.05, 4.69) is 26.2 Å². The Hall–Kier alpha value is -1.13. The highest BCUT2D eigenvalue weighted by atomic mass is 79.9. The Morgan fingerprint density at radius 2 is 2.11 bits per heavy atom. The Morgan fingerprint density at radius 3 is 2.78 bits per heavy atom. The summed E-state index contributed by atoms with van der Waals surface area (Å²) in [5.74, 6) is -0.329. The van der Waals surface area contributed by atoms with Crippen LogP contribution in [0.4, 0.5) is 10.1 Å². The lowest BCUT2D eigenvalue weighted by molar-refractivity contribution is 0.626. The second-order valence-corrected chi connectivity index (χ2v) is 5.15. The van der Waals surface area contributed by atoms with Gasteiger partial charge in [0.15, 0.2) is 0 Å². The van der Waals surface area contributed by atoms with E-state index < -0.39 is 0 Å². The van der Waals surface area contributed by atoms with Crippen molar-refractivity contribution in [1.29, 1.82) is 0 Å². The first-order valence-electron chi connectivity index (χ1n) is 5.35. The molecule has 0 amide bonds. The molecule has 18 heavy (non-hydrogen) atoms. The molecule has 0 bridgehead atoms. The van der Waals surface area contributed by atoms with Crippen molar-refractivity contribution in [3.8, 4) is 0 Å². The number of nitrogens with one attached hydrogen (secondary N) is 1. The van der Waals surface area contributed by atoms with Crippen LogP contribution < -0.4 is 5.32 Å². The third-order valence-corrected chi connectivity index (χ3v) is 3.48. The first-order valence-corrected chi connectivity index (χ1v) is 6.52. The van der Waals surface area contributed by atoms with Gasteiger partial charge < -0.3 is 5.32 Å². The summed E-state index contributed by atoms with van der Waals surface area (Å²) in [5, 5.41) is 3.57. The molecule has 2 rings (SSSR count). The molecular weight excluding hydrogens is 319 g/mol. The van der Waals surface area contributed by atoms with Crippen molar-refractivity contribution >= 4 is 33.2 Å². The molecular formula is C13H11BrClFN2. The highest BCUT2D eigenvalue weighted by Crippen LogP contribution is 2.19. The molecule has 2 aromatic rings. The van der Waals surface area contributed by atoms with Gasteiger partial charge in [-0.15, -0.1) is 0 Å². The van der Waals surface area contributed by atoms with Crippen LogP contribution in [-0.4, -0.2) is 4.98 Å². The highest BCUT2D eigenvalue weighted by molar-refractivity contribution is 9.10. The predicted molar refractivity (Wildman–Crippen MR) is 75.4 cm³/mol. The average Bonchev–Trinajstić information content (AvgIpc) is 2.29. The molecule has 1 N–H and O–H groups in total. The first kappa shape index (κ1) is 13.3. The van der Waals surface area contributed by atoms with Crippen LogP contribution in [0.25, 0.3) is 0 Å². The summed E-state index contributed by atoms with van der Waals surface area (Å²) in [6.07, 6.45) is 1.72. The van der Waals surface area contributed by atoms with E-state index in [-0.39, 0.29) is 5.82 Å². The topological polar surface area (TPSA) is 24.9 Å². The van der Waals surface area contributed by atoms with E-state index in [9.17, 15) is 4.39 Å². The number of hydrogen-bond acceptors (Lipinski definition) is 2. The van der Waals surface area contributed by atoms with Gasteiger partial charge in [-0.2, -0.15) is 0 Å². The summed E-state index contributed by atoms with van der Waals surface area (Å²) in [4.78, 5) is 4.18. The monoisotopic (exact) mass is 328 g/mol. The first-order chi connectivity index (χ1) is 8.54. The molecule has 5 heteroatoms. The fourth-order valence-corrected chi connectivity index (χ4v) is 2.03. The van der Waals surface area contributed by atoms with Gasteiger partial charge in [-0.1, -0.05) is 11.6 Å². The second kappa shape index (κ2) is 5.67. The molecule has 2 nitrogen and oxygen atoms in total. The maximum atomic E-state index is 13.1. The van der Waals surface area contributed by atoms with Gasteiger partial charge in [-0.3, -0.25) is 0 Å². The summed E-state index contributed by atoms with van der Waals surface area (Å²) in [6.45, 7) is 2.46. The van der Waals surface area contributed by atoms with Crippen LogP contribution in [0.1, 0.15) is 11.1 Å². The highest BCUT2D eigenvalue weighted by Gasteiger charge is 2.01. The average molecular weight is 330 g/mol. The fraction of sp³-hybridized carbons (Fsp3) is 0.154. The Kier molecular flexibility index (Phi) is 4.19. The summed E-state index contributed by atoms with van der Waals surface area (Å²) in [6, 6.07) is 6.45. The van der Waals surface area contributed by atoms with Gasteiger partial charge in [0.1, 0.15) is 10.4 Å². The van der Waals surface area contributed by atoms with Crippen LogP contribution >= 0.6 is 27.5 Å². The number of benzene rings is 1. The van der Waals surface area contributed by atoms with Crippen LogP contribution in [0.3, 0.4) is 0 Å². The lowest BCUT2D eigenvalue weighted by Gasteiger charge is -2.08. The maximum Gasteiger partial charge on any atom is 0.125 e. The van der Waals surface area contributed by atoms with Crippen molar-refractivity contribution in [2.24, 2.45) is 0 Å². The molecule has 0 aliphatic carbocycles. The van der Waals surface area contributed by atoms with Crippen LogP contribution in [0.15, 0.2) is 35.1 Å². The van der Waals surface area contributed by atoms with Crippen molar-refractivity contribution in [1.82, 2.24) is 4.98 Å². The smallest absolute Gasteiger partial charge is 0.125 e. The Bertz CT molecular complexity index is 555. The second-order valence-electron chi connectivity index (χ2n) is 3.96. The minimum atomic E-state index is -0.329. The third-order valence-electron chi connectivity index (χ3n) is 2.43. The third kappa shape index (κ3) is 3.43. The van der Waals surface area contributed by atoms with E-state index in [1.54, 1.807) is 12.3 Å². The lowest BCUT2D eigenvalue weighted by atomic mass is 10.2. The van der Waals surface area contributed by atoms with Crippen molar-refractivity contribution in [3.05, 3.63) is 57.0 Å². The molecule has 0 fully saturated rings. The van der Waals surface area contributed by atoms with E-state index in [4.69, 9.17) is 11.6 Å². The predicted octanol–water partition coefficient (Wildman–Crippen LogP) is 4.56. The van der Waals surface area contributed by atoms with E-state index in [1.807, 2.05) is 13.0 Å². The number of nitrogens with zero attached hydrogens (tertiary/aromatic N) is 1. The van der Waals surface area contributed by atoms with E-state index in [0.29, 0.717) is 11.6 Å². The molecule has 0 saturated heterocycles. The molecule has 0 aliphatic rings. The summed E-state index contributed by atoms with van der Waals surface area (Å²) in [5.41, 5.74) is 2.72. The zero-order valence-electron chi connectivity index (χ0n) is 9.67. The van der Waals surface area contributed by atoms with E-state index in [1.165, 1.54) is 12.1 Å². The number of aromatic nitrogens is 1. The molecule has 0 spiro atoms. The molecule has 1 heterocycles. The Morgan fingerprint density at radius 1 is 1.33 bits per heavy atom. The van der Waals surface area contributed by atoms with Gasteiger partial charge in [0, 0.05) is 11.6 Å². The van der Waals surface area contributed by atoms with Crippen molar-refractivity contribution in [3.63, 3.8) is 0 Å². The minimum absolute atomic E-state index is 0.329. The molecule has 0 saturated carbocycles. The fourth-order valence-electron chi connectivity index (χ4n) is 1.57. The number of anilines is 1. The summed E-state index contributed by atoms with van der Waals surface area (Å²) < 4.78 is 14.0. The molecule has 94 valence electrons. The minimum Gasteiger partial charge on any atom is -0.380 e. The normalized spacial score (nSPS) is 10.4. The van der Waals surface area contributed by atoms with Crippen LogP contribution in [-0.2, 0) is 6.54 Å². The van der Waals surface area contributed by atoms with Gasteiger partial charge in [0.2, 0.25) is 0 Å². The van der Waals surface area contributed by atoms with Crippen LogP contribution in [0.5, 0.6) is 0 Å². The zero-order chi connectivity index (χ0) is 13.1. The standard InChI is InChI=1S/C13H11BrClFN2/c1-8-2-12(7-18-13(8)14)17-6-9-3-10(15)5-11(16)4-9/h2-5,7,17H,6H2,1H3. The van der Waals surface area contributed by atoms with Crippen molar-refractivity contribution in [2.75, 3.05) is 5.32 Å². The number of rotatable bonds is 3. The van der Waals surface area contributed by atoms with Crippen molar-refractivity contribution in [2.45, 2.75) is 13.5 Å². The molecule has 1 aromatic carbocycles. The van der Waals surface area contributed by atoms with Gasteiger partial charge in [-0.25, -0.2) is 9.37 Å². The molecule has 0 radical (unpaired) electrons. The Labute approximate surface area is 118 Å². The van der Waals surface area contributed by atoms with Crippen LogP contribution in [0, 0.1) is 12.7 Å². The van der Waals surface area contributed by atoms with Gasteiger partial charge in [0.25, 0.3) is 0 Å². The van der Waals surface area contributed by atoms with Gasteiger partial charge in [-0.05, 0) is 58.2 Å². The molecule has 1 aromatic heterocycles. The maximum absolute atomic E-state index is 13.1. The lowest BCUT2D eigenvalue weighted by Crippen LogP contribution is -2.01. The summed E-state index contributed by atoms with van der Waals surface area (Å²) >= 11 is 9.13. The zero-order valence-corrected chi connectivity index (χ0v) is 12.0. The van der Waals surface area contributed by atoms with Gasteiger partial charge >= 0.3 is 0 Å². The quantitative estimate of drug-likeness (QED) is 0.835. The largest absolute Gasteiger partial charge is 0.380 e. The SMILES string of the molecule is Cc1cc(NCc2cc(F)cc(Cl)c2)cnc1Br. The molecule has 0 atom stereocenters. The van der Waals surface area contributed by atoms with Crippen molar-refractivity contribution < 1.29 is 4.39 Å². The number of halogens is 3. The molecule has 0 unspecified atom stereocenters.